The molecule has 0 aliphatic carbocycles. The smallest absolute Gasteiger partial charge is 0.292 e. The van der Waals surface area contributed by atoms with Crippen molar-refractivity contribution < 1.29 is 9.34 Å². The molecule has 88 valence electrons. The van der Waals surface area contributed by atoms with Crippen LogP contribution in [0, 0.1) is 10.1 Å². The van der Waals surface area contributed by atoms with E-state index >= 15 is 0 Å². The minimum atomic E-state index is -0.420. The van der Waals surface area contributed by atoms with Crippen LogP contribution in [0.1, 0.15) is 5.76 Å². The normalized spacial score (nSPS) is 10.2. The van der Waals surface area contributed by atoms with E-state index in [9.17, 15) is 10.1 Å². The summed E-state index contributed by atoms with van der Waals surface area (Å²) in [5, 5.41) is 13.8. The number of anilines is 1. The summed E-state index contributed by atoms with van der Waals surface area (Å²) in [5.74, 6) is 0.722. The van der Waals surface area contributed by atoms with Gasteiger partial charge in [-0.25, -0.2) is 0 Å². The van der Waals surface area contributed by atoms with Gasteiger partial charge in [0.25, 0.3) is 5.69 Å². The molecule has 0 atom stereocenters. The maximum atomic E-state index is 10.8. The Labute approximate surface area is 106 Å². The van der Waals surface area contributed by atoms with Gasteiger partial charge in [0.1, 0.15) is 11.4 Å². The van der Waals surface area contributed by atoms with E-state index in [4.69, 9.17) is 4.42 Å². The highest BCUT2D eigenvalue weighted by Gasteiger charge is 2.13. The first-order valence-electron chi connectivity index (χ1n) is 4.87. The molecule has 1 aromatic heterocycles. The van der Waals surface area contributed by atoms with Gasteiger partial charge in [0.2, 0.25) is 0 Å². The third-order valence-electron chi connectivity index (χ3n) is 2.19. The fraction of sp³-hybridized carbons (Fsp3) is 0.0909. The molecule has 6 heteroatoms. The van der Waals surface area contributed by atoms with Crippen molar-refractivity contribution in [3.63, 3.8) is 0 Å². The molecular weight excluding hydrogens is 288 g/mol. The Morgan fingerprint density at radius 2 is 2.24 bits per heavy atom. The molecule has 0 aliphatic heterocycles. The lowest BCUT2D eigenvalue weighted by Crippen LogP contribution is -2.01. The lowest BCUT2D eigenvalue weighted by atomic mass is 10.2. The van der Waals surface area contributed by atoms with Crippen LogP contribution in [-0.4, -0.2) is 4.92 Å². The summed E-state index contributed by atoms with van der Waals surface area (Å²) in [6.45, 7) is 0.407. The summed E-state index contributed by atoms with van der Waals surface area (Å²) in [5.41, 5.74) is 0.500. The number of hydrogen-bond donors (Lipinski definition) is 1. The van der Waals surface area contributed by atoms with Crippen LogP contribution in [0.2, 0.25) is 0 Å². The number of nitrogens with zero attached hydrogens (tertiary/aromatic N) is 1. The number of benzene rings is 1. The minimum absolute atomic E-state index is 0.0414. The SMILES string of the molecule is O=[N+]([O-])c1ccc(Br)cc1NCc1ccco1. The molecule has 2 aromatic rings. The first-order chi connectivity index (χ1) is 8.16. The first-order valence-corrected chi connectivity index (χ1v) is 5.66. The average molecular weight is 297 g/mol. The van der Waals surface area contributed by atoms with Gasteiger partial charge in [-0.2, -0.15) is 0 Å². The third kappa shape index (κ3) is 2.85. The van der Waals surface area contributed by atoms with E-state index < -0.39 is 4.92 Å². The van der Waals surface area contributed by atoms with E-state index in [2.05, 4.69) is 21.2 Å². The van der Waals surface area contributed by atoms with Crippen molar-refractivity contribution in [3.8, 4) is 0 Å². The quantitative estimate of drug-likeness (QED) is 0.692. The average Bonchev–Trinajstić information content (AvgIpc) is 2.78. The summed E-state index contributed by atoms with van der Waals surface area (Å²) in [4.78, 5) is 10.4. The Hall–Kier alpha value is -1.82. The zero-order chi connectivity index (χ0) is 12.3. The predicted molar refractivity (Wildman–Crippen MR) is 66.8 cm³/mol. The molecule has 0 saturated heterocycles. The number of nitro benzene ring substituents is 1. The first kappa shape index (κ1) is 11.7. The van der Waals surface area contributed by atoms with Crippen LogP contribution in [-0.2, 0) is 6.54 Å². The maximum absolute atomic E-state index is 10.8. The Morgan fingerprint density at radius 3 is 2.88 bits per heavy atom. The van der Waals surface area contributed by atoms with E-state index in [1.54, 1.807) is 30.5 Å². The van der Waals surface area contributed by atoms with Crippen molar-refractivity contribution in [1.82, 2.24) is 0 Å². The number of nitro groups is 1. The third-order valence-corrected chi connectivity index (χ3v) is 2.68. The van der Waals surface area contributed by atoms with E-state index in [-0.39, 0.29) is 5.69 Å². The molecule has 2 rings (SSSR count). The van der Waals surface area contributed by atoms with Gasteiger partial charge in [-0.3, -0.25) is 10.1 Å². The zero-order valence-electron chi connectivity index (χ0n) is 8.72. The van der Waals surface area contributed by atoms with Gasteiger partial charge in [0.05, 0.1) is 17.7 Å². The lowest BCUT2D eigenvalue weighted by Gasteiger charge is -2.05. The lowest BCUT2D eigenvalue weighted by molar-refractivity contribution is -0.384. The van der Waals surface area contributed by atoms with Gasteiger partial charge in [-0.05, 0) is 24.3 Å². The van der Waals surface area contributed by atoms with Gasteiger partial charge < -0.3 is 9.73 Å². The molecule has 1 N–H and O–H groups in total. The molecule has 0 radical (unpaired) electrons. The minimum Gasteiger partial charge on any atom is -0.467 e. The number of rotatable bonds is 4. The number of nitrogens with one attached hydrogen (secondary N) is 1. The molecule has 0 aliphatic rings. The van der Waals surface area contributed by atoms with Crippen molar-refractivity contribution in [2.45, 2.75) is 6.54 Å². The van der Waals surface area contributed by atoms with E-state index in [1.807, 2.05) is 0 Å². The molecule has 0 unspecified atom stereocenters. The fourth-order valence-electron chi connectivity index (χ4n) is 1.40. The second-order valence-corrected chi connectivity index (χ2v) is 4.27. The monoisotopic (exact) mass is 296 g/mol. The Morgan fingerprint density at radius 1 is 1.41 bits per heavy atom. The molecule has 0 saturated carbocycles. The predicted octanol–water partition coefficient (Wildman–Crippen LogP) is 3.56. The van der Waals surface area contributed by atoms with Gasteiger partial charge >= 0.3 is 0 Å². The second kappa shape index (κ2) is 5.01. The molecule has 0 amide bonds. The summed E-state index contributed by atoms with van der Waals surface area (Å²) in [6, 6.07) is 8.33. The van der Waals surface area contributed by atoms with Gasteiger partial charge in [0.15, 0.2) is 0 Å². The van der Waals surface area contributed by atoms with Gasteiger partial charge in [-0.1, -0.05) is 15.9 Å². The van der Waals surface area contributed by atoms with Crippen LogP contribution < -0.4 is 5.32 Å². The van der Waals surface area contributed by atoms with Crippen molar-refractivity contribution in [2.75, 3.05) is 5.32 Å². The molecule has 0 bridgehead atoms. The van der Waals surface area contributed by atoms with Crippen LogP contribution in [0.25, 0.3) is 0 Å². The van der Waals surface area contributed by atoms with Crippen LogP contribution in [0.15, 0.2) is 45.5 Å². The summed E-state index contributed by atoms with van der Waals surface area (Å²) in [7, 11) is 0. The molecule has 1 aromatic carbocycles. The topological polar surface area (TPSA) is 68.3 Å². The van der Waals surface area contributed by atoms with Crippen LogP contribution in [0.5, 0.6) is 0 Å². The van der Waals surface area contributed by atoms with Crippen LogP contribution >= 0.6 is 15.9 Å². The largest absolute Gasteiger partial charge is 0.467 e. The van der Waals surface area contributed by atoms with E-state index in [1.165, 1.54) is 6.07 Å². The highest BCUT2D eigenvalue weighted by molar-refractivity contribution is 9.10. The summed E-state index contributed by atoms with van der Waals surface area (Å²) < 4.78 is 5.92. The van der Waals surface area contributed by atoms with E-state index in [0.29, 0.717) is 12.2 Å². The van der Waals surface area contributed by atoms with Crippen molar-refractivity contribution in [2.24, 2.45) is 0 Å². The van der Waals surface area contributed by atoms with Crippen molar-refractivity contribution >= 4 is 27.3 Å². The van der Waals surface area contributed by atoms with Crippen LogP contribution in [0.3, 0.4) is 0 Å². The Bertz CT molecular complexity index is 526. The Balaban J connectivity index is 2.19. The highest BCUT2D eigenvalue weighted by atomic mass is 79.9. The maximum Gasteiger partial charge on any atom is 0.292 e. The summed E-state index contributed by atoms with van der Waals surface area (Å²) in [6.07, 6.45) is 1.56. The standard InChI is InChI=1S/C11H9BrN2O3/c12-8-3-4-11(14(15)16)10(6-8)13-7-9-2-1-5-17-9/h1-6,13H,7H2. The van der Waals surface area contributed by atoms with Gasteiger partial charge in [0, 0.05) is 10.5 Å². The summed E-state index contributed by atoms with van der Waals surface area (Å²) >= 11 is 3.28. The van der Waals surface area contributed by atoms with Crippen molar-refractivity contribution in [1.29, 1.82) is 0 Å². The fourth-order valence-corrected chi connectivity index (χ4v) is 1.77. The number of furan rings is 1. The number of halogens is 1. The molecule has 17 heavy (non-hydrogen) atoms. The highest BCUT2D eigenvalue weighted by Crippen LogP contribution is 2.28. The molecule has 1 heterocycles. The van der Waals surface area contributed by atoms with Gasteiger partial charge in [-0.15, -0.1) is 0 Å². The molecule has 0 fully saturated rings. The number of hydrogen-bond acceptors (Lipinski definition) is 4. The molecule has 5 nitrogen and oxygen atoms in total. The molecule has 0 spiro atoms. The molecular formula is C11H9BrN2O3. The van der Waals surface area contributed by atoms with Crippen molar-refractivity contribution in [3.05, 3.63) is 56.9 Å². The van der Waals surface area contributed by atoms with E-state index in [0.717, 1.165) is 10.2 Å². The Kier molecular flexibility index (Phi) is 3.43. The van der Waals surface area contributed by atoms with Crippen LogP contribution in [0.4, 0.5) is 11.4 Å². The second-order valence-electron chi connectivity index (χ2n) is 3.35. The zero-order valence-corrected chi connectivity index (χ0v) is 10.3.